The van der Waals surface area contributed by atoms with E-state index in [1.54, 1.807) is 0 Å². The Morgan fingerprint density at radius 1 is 1.31 bits per heavy atom. The lowest BCUT2D eigenvalue weighted by Gasteiger charge is -2.03. The summed E-state index contributed by atoms with van der Waals surface area (Å²) in [5.41, 5.74) is 7.60. The fraction of sp³-hybridized carbons (Fsp3) is 0.400. The molecule has 0 spiro atoms. The van der Waals surface area contributed by atoms with E-state index in [0.29, 0.717) is 0 Å². The molecule has 1 atom stereocenters. The number of hydrogen-bond donors (Lipinski definition) is 1. The van der Waals surface area contributed by atoms with Gasteiger partial charge >= 0.3 is 0 Å². The van der Waals surface area contributed by atoms with Crippen molar-refractivity contribution >= 4 is 0 Å². The van der Waals surface area contributed by atoms with E-state index in [9.17, 15) is 4.91 Å². The SMILES string of the molecule is NC(N=O)c1ccc(C2CC2)cc1. The molecule has 13 heavy (non-hydrogen) atoms. The van der Waals surface area contributed by atoms with Gasteiger partial charge in [0.15, 0.2) is 6.17 Å². The smallest absolute Gasteiger partial charge is 0.165 e. The molecule has 1 aromatic rings. The van der Waals surface area contributed by atoms with Crippen LogP contribution in [0, 0.1) is 4.91 Å². The van der Waals surface area contributed by atoms with Crippen LogP contribution in [0.15, 0.2) is 29.4 Å². The highest BCUT2D eigenvalue weighted by atomic mass is 16.3. The van der Waals surface area contributed by atoms with Crippen molar-refractivity contribution in [1.82, 2.24) is 0 Å². The molecule has 0 heterocycles. The van der Waals surface area contributed by atoms with Crippen LogP contribution in [0.5, 0.6) is 0 Å². The van der Waals surface area contributed by atoms with Gasteiger partial charge in [-0.15, -0.1) is 4.91 Å². The van der Waals surface area contributed by atoms with Crippen molar-refractivity contribution in [2.45, 2.75) is 24.9 Å². The number of nitrogens with two attached hydrogens (primary N) is 1. The van der Waals surface area contributed by atoms with Crippen molar-refractivity contribution in [3.63, 3.8) is 0 Å². The molecule has 0 amide bonds. The van der Waals surface area contributed by atoms with E-state index in [-0.39, 0.29) is 0 Å². The highest BCUT2D eigenvalue weighted by Crippen LogP contribution is 2.40. The number of nitrogens with zero attached hydrogens (tertiary/aromatic N) is 1. The fourth-order valence-electron chi connectivity index (χ4n) is 1.44. The third-order valence-electron chi connectivity index (χ3n) is 2.44. The predicted octanol–water partition coefficient (Wildman–Crippen LogP) is 2.29. The Hall–Kier alpha value is -1.22. The minimum Gasteiger partial charge on any atom is -0.303 e. The summed E-state index contributed by atoms with van der Waals surface area (Å²) in [7, 11) is 0. The van der Waals surface area contributed by atoms with Gasteiger partial charge in [0, 0.05) is 0 Å². The minimum absolute atomic E-state index is 0.715. The quantitative estimate of drug-likeness (QED) is 0.718. The zero-order chi connectivity index (χ0) is 9.26. The summed E-state index contributed by atoms with van der Waals surface area (Å²) in [6.45, 7) is 0. The molecule has 0 radical (unpaired) electrons. The van der Waals surface area contributed by atoms with Gasteiger partial charge in [-0.2, -0.15) is 0 Å². The van der Waals surface area contributed by atoms with Gasteiger partial charge in [-0.3, -0.25) is 0 Å². The molecule has 1 aromatic carbocycles. The van der Waals surface area contributed by atoms with Crippen LogP contribution in [0.4, 0.5) is 0 Å². The Morgan fingerprint density at radius 3 is 2.38 bits per heavy atom. The maximum atomic E-state index is 10.2. The molecule has 68 valence electrons. The molecule has 0 saturated heterocycles. The van der Waals surface area contributed by atoms with Gasteiger partial charge in [-0.05, 0) is 35.1 Å². The average molecular weight is 176 g/mol. The van der Waals surface area contributed by atoms with Gasteiger partial charge in [0.05, 0.1) is 0 Å². The summed E-state index contributed by atoms with van der Waals surface area (Å²) in [5.74, 6) is 0.745. The van der Waals surface area contributed by atoms with Crippen LogP contribution < -0.4 is 5.73 Å². The van der Waals surface area contributed by atoms with Crippen LogP contribution in [0.25, 0.3) is 0 Å². The molecule has 1 aliphatic carbocycles. The highest BCUT2D eigenvalue weighted by molar-refractivity contribution is 5.29. The topological polar surface area (TPSA) is 55.4 Å². The second-order valence-corrected chi connectivity index (χ2v) is 3.49. The standard InChI is InChI=1S/C10H12N2O/c11-10(12-13)9-5-3-8(4-6-9)7-1-2-7/h3-7,10H,1-2,11H2. The molecule has 1 aliphatic rings. The fourth-order valence-corrected chi connectivity index (χ4v) is 1.44. The first-order chi connectivity index (χ1) is 6.31. The second kappa shape index (κ2) is 3.26. The van der Waals surface area contributed by atoms with Crippen LogP contribution in [-0.2, 0) is 0 Å². The lowest BCUT2D eigenvalue weighted by Crippen LogP contribution is -2.05. The minimum atomic E-state index is -0.715. The molecule has 1 unspecified atom stereocenters. The summed E-state index contributed by atoms with van der Waals surface area (Å²) < 4.78 is 0. The van der Waals surface area contributed by atoms with Crippen LogP contribution >= 0.6 is 0 Å². The summed E-state index contributed by atoms with van der Waals surface area (Å²) in [5, 5.41) is 2.78. The maximum Gasteiger partial charge on any atom is 0.165 e. The van der Waals surface area contributed by atoms with E-state index in [1.165, 1.54) is 18.4 Å². The Bertz CT molecular complexity index is 303. The molecule has 0 aliphatic heterocycles. The van der Waals surface area contributed by atoms with E-state index < -0.39 is 6.17 Å². The summed E-state index contributed by atoms with van der Waals surface area (Å²) in [4.78, 5) is 10.2. The number of nitroso groups, excluding NO2 is 1. The van der Waals surface area contributed by atoms with E-state index in [2.05, 4.69) is 5.18 Å². The van der Waals surface area contributed by atoms with Gasteiger partial charge in [-0.1, -0.05) is 24.3 Å². The Balaban J connectivity index is 2.17. The number of rotatable bonds is 3. The van der Waals surface area contributed by atoms with Gasteiger partial charge in [-0.25, -0.2) is 0 Å². The predicted molar refractivity (Wildman–Crippen MR) is 51.1 cm³/mol. The first-order valence-corrected chi connectivity index (χ1v) is 4.49. The molecule has 2 rings (SSSR count). The molecule has 2 N–H and O–H groups in total. The Morgan fingerprint density at radius 2 is 1.92 bits per heavy atom. The zero-order valence-corrected chi connectivity index (χ0v) is 7.31. The van der Waals surface area contributed by atoms with Gasteiger partial charge < -0.3 is 5.73 Å². The van der Waals surface area contributed by atoms with E-state index in [1.807, 2.05) is 24.3 Å². The zero-order valence-electron chi connectivity index (χ0n) is 7.31. The first kappa shape index (κ1) is 8.38. The third-order valence-corrected chi connectivity index (χ3v) is 2.44. The molecule has 1 saturated carbocycles. The van der Waals surface area contributed by atoms with Crippen molar-refractivity contribution in [3.8, 4) is 0 Å². The van der Waals surface area contributed by atoms with Crippen molar-refractivity contribution in [2.75, 3.05) is 0 Å². The Labute approximate surface area is 76.9 Å². The summed E-state index contributed by atoms with van der Waals surface area (Å²) >= 11 is 0. The average Bonchev–Trinajstić information content (AvgIpc) is 3.00. The van der Waals surface area contributed by atoms with Crippen LogP contribution in [0.1, 0.15) is 36.1 Å². The largest absolute Gasteiger partial charge is 0.303 e. The number of benzene rings is 1. The van der Waals surface area contributed by atoms with E-state index in [4.69, 9.17) is 5.73 Å². The molecule has 3 heteroatoms. The van der Waals surface area contributed by atoms with Crippen molar-refractivity contribution < 1.29 is 0 Å². The molecule has 3 nitrogen and oxygen atoms in total. The number of hydrogen-bond acceptors (Lipinski definition) is 3. The highest BCUT2D eigenvalue weighted by Gasteiger charge is 2.23. The molecular formula is C10H12N2O. The normalized spacial score (nSPS) is 18.2. The molecular weight excluding hydrogens is 164 g/mol. The van der Waals surface area contributed by atoms with Gasteiger partial charge in [0.25, 0.3) is 0 Å². The van der Waals surface area contributed by atoms with Crippen molar-refractivity contribution in [2.24, 2.45) is 10.9 Å². The molecule has 0 aromatic heterocycles. The van der Waals surface area contributed by atoms with Crippen molar-refractivity contribution in [3.05, 3.63) is 40.3 Å². The van der Waals surface area contributed by atoms with Crippen molar-refractivity contribution in [1.29, 1.82) is 0 Å². The van der Waals surface area contributed by atoms with Gasteiger partial charge in [0.1, 0.15) is 0 Å². The second-order valence-electron chi connectivity index (χ2n) is 3.49. The van der Waals surface area contributed by atoms with Gasteiger partial charge in [0.2, 0.25) is 0 Å². The first-order valence-electron chi connectivity index (χ1n) is 4.49. The van der Waals surface area contributed by atoms with Crippen LogP contribution in [0.2, 0.25) is 0 Å². The monoisotopic (exact) mass is 176 g/mol. The summed E-state index contributed by atoms with van der Waals surface area (Å²) in [6.07, 6.45) is 1.86. The van der Waals surface area contributed by atoms with Crippen LogP contribution in [0.3, 0.4) is 0 Å². The lowest BCUT2D eigenvalue weighted by atomic mass is 10.1. The van der Waals surface area contributed by atoms with E-state index in [0.717, 1.165) is 11.5 Å². The molecule has 1 fully saturated rings. The third kappa shape index (κ3) is 1.75. The maximum absolute atomic E-state index is 10.2. The molecule has 0 bridgehead atoms. The lowest BCUT2D eigenvalue weighted by molar-refractivity contribution is 0.767. The van der Waals surface area contributed by atoms with E-state index >= 15 is 0 Å². The Kier molecular flexibility index (Phi) is 2.10. The summed E-state index contributed by atoms with van der Waals surface area (Å²) in [6, 6.07) is 7.86. The van der Waals surface area contributed by atoms with Crippen LogP contribution in [-0.4, -0.2) is 0 Å².